The average molecular weight is 476 g/mol. The Labute approximate surface area is 195 Å². The van der Waals surface area contributed by atoms with E-state index < -0.39 is 28.5 Å². The Kier molecular flexibility index (Phi) is 7.02. The minimum atomic E-state index is -0.822. The predicted molar refractivity (Wildman–Crippen MR) is 123 cm³/mol. The number of nitrogens with zero attached hydrogens (tertiary/aromatic N) is 4. The van der Waals surface area contributed by atoms with Crippen molar-refractivity contribution in [3.63, 3.8) is 0 Å². The van der Waals surface area contributed by atoms with E-state index in [1.54, 1.807) is 13.2 Å². The van der Waals surface area contributed by atoms with Gasteiger partial charge in [-0.1, -0.05) is 31.7 Å². The lowest BCUT2D eigenvalue weighted by Crippen LogP contribution is -2.40. The summed E-state index contributed by atoms with van der Waals surface area (Å²) >= 11 is 1.18. The average Bonchev–Trinajstić information content (AvgIpc) is 3.41. The van der Waals surface area contributed by atoms with Crippen molar-refractivity contribution in [3.8, 4) is 0 Å². The molecule has 3 heterocycles. The van der Waals surface area contributed by atoms with Crippen LogP contribution in [0, 0.1) is 23.5 Å². The topological polar surface area (TPSA) is 76.2 Å². The zero-order chi connectivity index (χ0) is 23.5. The van der Waals surface area contributed by atoms with Crippen LogP contribution in [0.15, 0.2) is 46.2 Å². The standard InChI is InChI=1S/C23H27F2N5O2S/c1-14-10-15(2)12-29(11-14)22-27-28-23(30(22)13-17-6-5-9-32-17)33-16(3)21(31)26-20-18(24)7-4-8-19(20)25/h4-9,14-16H,10-13H2,1-3H3,(H,26,31). The van der Waals surface area contributed by atoms with E-state index in [0.29, 0.717) is 23.5 Å². The molecule has 1 aromatic carbocycles. The highest BCUT2D eigenvalue weighted by Crippen LogP contribution is 2.31. The first-order valence-corrected chi connectivity index (χ1v) is 11.8. The molecule has 1 amide bonds. The first kappa shape index (κ1) is 23.3. The van der Waals surface area contributed by atoms with Gasteiger partial charge < -0.3 is 14.6 Å². The Bertz CT molecular complexity index is 1070. The lowest BCUT2D eigenvalue weighted by molar-refractivity contribution is -0.115. The van der Waals surface area contributed by atoms with Crippen LogP contribution in [0.2, 0.25) is 0 Å². The number of benzene rings is 1. The van der Waals surface area contributed by atoms with E-state index in [4.69, 9.17) is 4.42 Å². The molecule has 0 radical (unpaired) electrons. The SMILES string of the molecule is CC1CC(C)CN(c2nnc(SC(C)C(=O)Nc3c(F)cccc3F)n2Cc2ccco2)C1. The van der Waals surface area contributed by atoms with Gasteiger partial charge in [-0.05, 0) is 49.4 Å². The van der Waals surface area contributed by atoms with Gasteiger partial charge in [0.05, 0.1) is 18.1 Å². The quantitative estimate of drug-likeness (QED) is 0.495. The summed E-state index contributed by atoms with van der Waals surface area (Å²) in [6.45, 7) is 8.25. The summed E-state index contributed by atoms with van der Waals surface area (Å²) < 4.78 is 35.4. The highest BCUT2D eigenvalue weighted by atomic mass is 32.2. The maximum Gasteiger partial charge on any atom is 0.237 e. The second-order valence-corrected chi connectivity index (χ2v) is 9.95. The van der Waals surface area contributed by atoms with Gasteiger partial charge in [-0.15, -0.1) is 10.2 Å². The van der Waals surface area contributed by atoms with E-state index in [0.717, 1.165) is 43.4 Å². The molecule has 10 heteroatoms. The number of halogens is 2. The monoisotopic (exact) mass is 475 g/mol. The van der Waals surface area contributed by atoms with Crippen LogP contribution >= 0.6 is 11.8 Å². The van der Waals surface area contributed by atoms with Gasteiger partial charge in [-0.2, -0.15) is 0 Å². The number of carbonyl (C=O) groups is 1. The molecule has 1 aliphatic heterocycles. The molecule has 1 N–H and O–H groups in total. The molecule has 1 saturated heterocycles. The largest absolute Gasteiger partial charge is 0.467 e. The third kappa shape index (κ3) is 5.38. The van der Waals surface area contributed by atoms with Crippen LogP contribution in [0.25, 0.3) is 0 Å². The molecule has 1 aliphatic rings. The van der Waals surface area contributed by atoms with Crippen LogP contribution in [0.5, 0.6) is 0 Å². The number of hydrogen-bond acceptors (Lipinski definition) is 6. The van der Waals surface area contributed by atoms with Gasteiger partial charge in [0.1, 0.15) is 23.1 Å². The van der Waals surface area contributed by atoms with Gasteiger partial charge in [-0.25, -0.2) is 8.78 Å². The number of para-hydroxylation sites is 1. The predicted octanol–water partition coefficient (Wildman–Crippen LogP) is 4.80. The number of piperidine rings is 1. The number of thioether (sulfide) groups is 1. The first-order valence-electron chi connectivity index (χ1n) is 10.9. The number of amides is 1. The van der Waals surface area contributed by atoms with Crippen molar-refractivity contribution in [1.82, 2.24) is 14.8 Å². The molecule has 4 rings (SSSR count). The summed E-state index contributed by atoms with van der Waals surface area (Å²) in [5.74, 6) is 0.340. The fourth-order valence-corrected chi connectivity index (χ4v) is 5.02. The van der Waals surface area contributed by atoms with Crippen LogP contribution < -0.4 is 10.2 Å². The van der Waals surface area contributed by atoms with E-state index in [1.807, 2.05) is 16.7 Å². The van der Waals surface area contributed by atoms with E-state index in [-0.39, 0.29) is 0 Å². The molecule has 3 unspecified atom stereocenters. The minimum Gasteiger partial charge on any atom is -0.467 e. The normalized spacial score (nSPS) is 19.5. The van der Waals surface area contributed by atoms with Crippen LogP contribution in [-0.4, -0.2) is 39.0 Å². The van der Waals surface area contributed by atoms with Gasteiger partial charge in [0.2, 0.25) is 11.9 Å². The van der Waals surface area contributed by atoms with Gasteiger partial charge in [0.25, 0.3) is 0 Å². The van der Waals surface area contributed by atoms with Crippen molar-refractivity contribution < 1.29 is 18.0 Å². The molecule has 0 spiro atoms. The van der Waals surface area contributed by atoms with Crippen LogP contribution in [0.1, 0.15) is 33.0 Å². The van der Waals surface area contributed by atoms with Gasteiger partial charge in [0.15, 0.2) is 5.16 Å². The summed E-state index contributed by atoms with van der Waals surface area (Å²) in [4.78, 5) is 14.9. The summed E-state index contributed by atoms with van der Waals surface area (Å²) in [5.41, 5.74) is -0.455. The Balaban J connectivity index is 1.56. The number of aromatic nitrogens is 3. The van der Waals surface area contributed by atoms with Crippen molar-refractivity contribution in [2.75, 3.05) is 23.3 Å². The fraction of sp³-hybridized carbons (Fsp3) is 0.435. The molecular weight excluding hydrogens is 448 g/mol. The lowest BCUT2D eigenvalue weighted by Gasteiger charge is -2.35. The fourth-order valence-electron chi connectivity index (χ4n) is 4.18. The highest BCUT2D eigenvalue weighted by molar-refractivity contribution is 8.00. The zero-order valence-electron chi connectivity index (χ0n) is 18.8. The second-order valence-electron chi connectivity index (χ2n) is 8.65. The van der Waals surface area contributed by atoms with Crippen LogP contribution in [0.4, 0.5) is 20.4 Å². The Morgan fingerprint density at radius 1 is 1.18 bits per heavy atom. The number of rotatable bonds is 7. The summed E-state index contributed by atoms with van der Waals surface area (Å²) in [6, 6.07) is 7.14. The van der Waals surface area contributed by atoms with Crippen molar-refractivity contribution in [3.05, 3.63) is 54.0 Å². The molecule has 0 bridgehead atoms. The zero-order valence-corrected chi connectivity index (χ0v) is 19.6. The Morgan fingerprint density at radius 2 is 1.88 bits per heavy atom. The van der Waals surface area contributed by atoms with Gasteiger partial charge >= 0.3 is 0 Å². The molecule has 0 aliphatic carbocycles. The first-order chi connectivity index (χ1) is 15.8. The highest BCUT2D eigenvalue weighted by Gasteiger charge is 2.28. The number of carbonyl (C=O) groups excluding carboxylic acids is 1. The summed E-state index contributed by atoms with van der Waals surface area (Å²) in [5, 5.41) is 11.0. The van der Waals surface area contributed by atoms with Crippen LogP contribution in [0.3, 0.4) is 0 Å². The number of nitrogens with one attached hydrogen (secondary N) is 1. The smallest absolute Gasteiger partial charge is 0.237 e. The summed E-state index contributed by atoms with van der Waals surface area (Å²) in [7, 11) is 0. The Morgan fingerprint density at radius 3 is 2.52 bits per heavy atom. The lowest BCUT2D eigenvalue weighted by atomic mass is 9.92. The van der Waals surface area contributed by atoms with Crippen molar-refractivity contribution >= 4 is 29.3 Å². The van der Waals surface area contributed by atoms with E-state index >= 15 is 0 Å². The third-order valence-electron chi connectivity index (χ3n) is 5.61. The van der Waals surface area contributed by atoms with Gasteiger partial charge in [0, 0.05) is 13.1 Å². The van der Waals surface area contributed by atoms with E-state index in [1.165, 1.54) is 17.8 Å². The second kappa shape index (κ2) is 9.94. The maximum absolute atomic E-state index is 13.9. The molecular formula is C23H27F2N5O2S. The molecule has 1 fully saturated rings. The Hall–Kier alpha value is -2.88. The van der Waals surface area contributed by atoms with E-state index in [2.05, 4.69) is 34.3 Å². The molecule has 3 atom stereocenters. The van der Waals surface area contributed by atoms with Crippen molar-refractivity contribution in [2.24, 2.45) is 11.8 Å². The number of hydrogen-bond donors (Lipinski definition) is 1. The molecule has 33 heavy (non-hydrogen) atoms. The molecule has 0 saturated carbocycles. The van der Waals surface area contributed by atoms with Gasteiger partial charge in [-0.3, -0.25) is 9.36 Å². The van der Waals surface area contributed by atoms with Crippen LogP contribution in [-0.2, 0) is 11.3 Å². The molecule has 176 valence electrons. The maximum atomic E-state index is 13.9. The third-order valence-corrected chi connectivity index (χ3v) is 6.69. The van der Waals surface area contributed by atoms with Crippen molar-refractivity contribution in [2.45, 2.75) is 44.1 Å². The van der Waals surface area contributed by atoms with Crippen molar-refractivity contribution in [1.29, 1.82) is 0 Å². The van der Waals surface area contributed by atoms with E-state index in [9.17, 15) is 13.6 Å². The minimum absolute atomic E-state index is 0.410. The summed E-state index contributed by atoms with van der Waals surface area (Å²) in [6.07, 6.45) is 2.77. The number of furan rings is 1. The molecule has 7 nitrogen and oxygen atoms in total. The molecule has 3 aromatic rings. The number of anilines is 2. The molecule has 2 aromatic heterocycles.